The molecule has 1 aromatic carbocycles. The average Bonchev–Trinajstić information content (AvgIpc) is 2.89. The van der Waals surface area contributed by atoms with E-state index in [-0.39, 0.29) is 0 Å². The van der Waals surface area contributed by atoms with Gasteiger partial charge in [-0.1, -0.05) is 24.3 Å². The number of benzene rings is 1. The first-order valence-electron chi connectivity index (χ1n) is 5.70. The van der Waals surface area contributed by atoms with Gasteiger partial charge < -0.3 is 14.6 Å². The van der Waals surface area contributed by atoms with Crippen LogP contribution in [0.15, 0.2) is 36.7 Å². The fourth-order valence-electron chi connectivity index (χ4n) is 2.38. The minimum atomic E-state index is -1.39. The van der Waals surface area contributed by atoms with Gasteiger partial charge in [-0.05, 0) is 11.0 Å². The zero-order valence-corrected chi connectivity index (χ0v) is 9.32. The number of imidazole rings is 1. The van der Waals surface area contributed by atoms with Crippen molar-refractivity contribution in [2.24, 2.45) is 0 Å². The molecule has 1 unspecified atom stereocenters. The van der Waals surface area contributed by atoms with Crippen LogP contribution in [-0.4, -0.2) is 26.7 Å². The van der Waals surface area contributed by atoms with Gasteiger partial charge in [0, 0.05) is 31.3 Å². The molecule has 1 atom stereocenters. The summed E-state index contributed by atoms with van der Waals surface area (Å²) < 4.78 is 2.17. The van der Waals surface area contributed by atoms with Gasteiger partial charge in [-0.3, -0.25) is 0 Å². The van der Waals surface area contributed by atoms with E-state index >= 15 is 0 Å². The van der Waals surface area contributed by atoms with Crippen molar-refractivity contribution in [2.45, 2.75) is 18.9 Å². The lowest BCUT2D eigenvalue weighted by atomic mass is 9.79. The molecule has 1 aliphatic heterocycles. The third-order valence-corrected chi connectivity index (χ3v) is 3.35. The summed E-state index contributed by atoms with van der Waals surface area (Å²) in [6, 6.07) is 7.46. The van der Waals surface area contributed by atoms with Crippen LogP contribution in [0.4, 0.5) is 0 Å². The SMILES string of the molecule is OB(O)c1ccc(C2Cc3nccn3C2)cc1. The first-order valence-corrected chi connectivity index (χ1v) is 5.70. The number of nitrogens with zero attached hydrogens (tertiary/aromatic N) is 2. The average molecular weight is 228 g/mol. The second-order valence-corrected chi connectivity index (χ2v) is 4.44. The van der Waals surface area contributed by atoms with E-state index in [4.69, 9.17) is 10.0 Å². The molecule has 3 rings (SSSR count). The molecule has 0 saturated heterocycles. The van der Waals surface area contributed by atoms with Gasteiger partial charge in [-0.25, -0.2) is 4.98 Å². The molecule has 2 heterocycles. The molecule has 2 N–H and O–H groups in total. The lowest BCUT2D eigenvalue weighted by Gasteiger charge is -2.10. The van der Waals surface area contributed by atoms with Crippen molar-refractivity contribution in [3.8, 4) is 0 Å². The van der Waals surface area contributed by atoms with E-state index in [1.54, 1.807) is 12.1 Å². The molecule has 5 heteroatoms. The summed E-state index contributed by atoms with van der Waals surface area (Å²) >= 11 is 0. The van der Waals surface area contributed by atoms with Gasteiger partial charge in [0.05, 0.1) is 0 Å². The Labute approximate surface area is 99.7 Å². The van der Waals surface area contributed by atoms with Crippen molar-refractivity contribution in [1.29, 1.82) is 0 Å². The number of fused-ring (bicyclic) bond motifs is 1. The van der Waals surface area contributed by atoms with Crippen molar-refractivity contribution in [2.75, 3.05) is 0 Å². The Morgan fingerprint density at radius 1 is 1.24 bits per heavy atom. The Bertz CT molecular complexity index is 501. The molecule has 4 nitrogen and oxygen atoms in total. The van der Waals surface area contributed by atoms with Crippen LogP contribution < -0.4 is 5.46 Å². The van der Waals surface area contributed by atoms with Gasteiger partial charge >= 0.3 is 7.12 Å². The summed E-state index contributed by atoms with van der Waals surface area (Å²) in [4.78, 5) is 4.30. The van der Waals surface area contributed by atoms with Crippen LogP contribution in [-0.2, 0) is 13.0 Å². The fourth-order valence-corrected chi connectivity index (χ4v) is 2.38. The maximum atomic E-state index is 9.03. The molecule has 86 valence electrons. The van der Waals surface area contributed by atoms with Crippen LogP contribution in [0.5, 0.6) is 0 Å². The minimum absolute atomic E-state index is 0.448. The van der Waals surface area contributed by atoms with E-state index in [9.17, 15) is 0 Å². The normalized spacial score (nSPS) is 18.1. The van der Waals surface area contributed by atoms with Crippen molar-refractivity contribution in [1.82, 2.24) is 9.55 Å². The Morgan fingerprint density at radius 3 is 2.65 bits per heavy atom. The lowest BCUT2D eigenvalue weighted by Crippen LogP contribution is -2.29. The monoisotopic (exact) mass is 228 g/mol. The van der Waals surface area contributed by atoms with Crippen LogP contribution in [0.25, 0.3) is 0 Å². The third-order valence-electron chi connectivity index (χ3n) is 3.35. The summed E-state index contributed by atoms with van der Waals surface area (Å²) in [7, 11) is -1.39. The van der Waals surface area contributed by atoms with Crippen LogP contribution in [0.1, 0.15) is 17.3 Å². The molecular formula is C12H13BN2O2. The highest BCUT2D eigenvalue weighted by Gasteiger charge is 2.23. The van der Waals surface area contributed by atoms with Crippen LogP contribution in [0.2, 0.25) is 0 Å². The summed E-state index contributed by atoms with van der Waals surface area (Å²) in [5.74, 6) is 1.57. The molecule has 17 heavy (non-hydrogen) atoms. The van der Waals surface area contributed by atoms with E-state index < -0.39 is 7.12 Å². The fraction of sp³-hybridized carbons (Fsp3) is 0.250. The van der Waals surface area contributed by atoms with Crippen LogP contribution >= 0.6 is 0 Å². The zero-order valence-electron chi connectivity index (χ0n) is 9.32. The Kier molecular flexibility index (Phi) is 2.50. The number of rotatable bonds is 2. The predicted molar refractivity (Wildman–Crippen MR) is 64.9 cm³/mol. The Morgan fingerprint density at radius 2 is 2.00 bits per heavy atom. The van der Waals surface area contributed by atoms with Gasteiger partial charge in [0.15, 0.2) is 0 Å². The number of hydrogen-bond donors (Lipinski definition) is 2. The molecule has 0 amide bonds. The van der Waals surface area contributed by atoms with Gasteiger partial charge in [-0.2, -0.15) is 0 Å². The lowest BCUT2D eigenvalue weighted by molar-refractivity contribution is 0.426. The smallest absolute Gasteiger partial charge is 0.423 e. The molecule has 0 saturated carbocycles. The van der Waals surface area contributed by atoms with Gasteiger partial charge in [-0.15, -0.1) is 0 Å². The summed E-state index contributed by atoms with van der Waals surface area (Å²) in [5, 5.41) is 18.1. The van der Waals surface area contributed by atoms with Crippen LogP contribution in [0.3, 0.4) is 0 Å². The van der Waals surface area contributed by atoms with E-state index in [1.807, 2.05) is 24.5 Å². The summed E-state index contributed by atoms with van der Waals surface area (Å²) in [6.07, 6.45) is 4.78. The molecular weight excluding hydrogens is 215 g/mol. The maximum Gasteiger partial charge on any atom is 0.488 e. The molecule has 0 fully saturated rings. The second-order valence-electron chi connectivity index (χ2n) is 4.44. The molecule has 1 aromatic heterocycles. The maximum absolute atomic E-state index is 9.03. The van der Waals surface area contributed by atoms with E-state index in [0.29, 0.717) is 11.4 Å². The van der Waals surface area contributed by atoms with Crippen molar-refractivity contribution in [3.05, 3.63) is 48.0 Å². The zero-order chi connectivity index (χ0) is 11.8. The molecule has 0 aliphatic carbocycles. The number of aromatic nitrogens is 2. The van der Waals surface area contributed by atoms with Crippen molar-refractivity contribution in [3.63, 3.8) is 0 Å². The number of hydrogen-bond acceptors (Lipinski definition) is 3. The molecule has 1 aliphatic rings. The molecule has 0 radical (unpaired) electrons. The van der Waals surface area contributed by atoms with Crippen molar-refractivity contribution < 1.29 is 10.0 Å². The topological polar surface area (TPSA) is 58.3 Å². The summed E-state index contributed by atoms with van der Waals surface area (Å²) in [6.45, 7) is 0.955. The summed E-state index contributed by atoms with van der Waals surface area (Å²) in [5.41, 5.74) is 1.75. The largest absolute Gasteiger partial charge is 0.488 e. The Hall–Kier alpha value is -1.59. The van der Waals surface area contributed by atoms with Gasteiger partial charge in [0.1, 0.15) is 5.82 Å². The quantitative estimate of drug-likeness (QED) is 0.706. The highest BCUT2D eigenvalue weighted by molar-refractivity contribution is 6.58. The van der Waals surface area contributed by atoms with E-state index in [2.05, 4.69) is 9.55 Å². The molecule has 0 spiro atoms. The highest BCUT2D eigenvalue weighted by Crippen LogP contribution is 2.27. The first kappa shape index (κ1) is 10.6. The van der Waals surface area contributed by atoms with Gasteiger partial charge in [0.2, 0.25) is 0 Å². The first-order chi connectivity index (χ1) is 8.24. The Balaban J connectivity index is 1.80. The molecule has 0 bridgehead atoms. The van der Waals surface area contributed by atoms with Crippen LogP contribution in [0, 0.1) is 0 Å². The van der Waals surface area contributed by atoms with Crippen molar-refractivity contribution >= 4 is 12.6 Å². The van der Waals surface area contributed by atoms with Gasteiger partial charge in [0.25, 0.3) is 0 Å². The highest BCUT2D eigenvalue weighted by atomic mass is 16.4. The second kappa shape index (κ2) is 4.02. The standard InChI is InChI=1S/C12H13BN2O2/c16-13(17)11-3-1-9(2-4-11)10-7-12-14-5-6-15(12)8-10/h1-6,10,16-17H,7-8H2. The third kappa shape index (κ3) is 1.88. The predicted octanol–water partition coefficient (Wildman–Crippen LogP) is -0.0972. The minimum Gasteiger partial charge on any atom is -0.423 e. The molecule has 2 aromatic rings. The van der Waals surface area contributed by atoms with E-state index in [0.717, 1.165) is 18.8 Å². The van der Waals surface area contributed by atoms with E-state index in [1.165, 1.54) is 5.56 Å².